The molecule has 0 amide bonds. The zero-order valence-corrected chi connectivity index (χ0v) is 9.15. The van der Waals surface area contributed by atoms with Gasteiger partial charge >= 0.3 is 51.5 Å². The Morgan fingerprint density at radius 2 is 2.00 bits per heavy atom. The molecule has 12 heavy (non-hydrogen) atoms. The predicted molar refractivity (Wildman–Crippen MR) is 41.7 cm³/mol. The minimum atomic E-state index is -4.58. The van der Waals surface area contributed by atoms with E-state index in [-0.39, 0.29) is 40.6 Å². The smallest absolute Gasteiger partial charge is 1.00 e. The topological polar surface area (TPSA) is 127 Å². The van der Waals surface area contributed by atoms with Crippen LogP contribution in [0, 0.1) is 0 Å². The van der Waals surface area contributed by atoms with Crippen LogP contribution in [0.15, 0.2) is 0 Å². The predicted octanol–water partition coefficient (Wildman–Crippen LogP) is -2.04. The van der Waals surface area contributed by atoms with Gasteiger partial charge in [-0.15, -0.1) is 0 Å². The Balaban J connectivity index is -0.000000167. The van der Waals surface area contributed by atoms with Crippen LogP contribution in [0.3, 0.4) is 0 Å². The van der Waals surface area contributed by atoms with Gasteiger partial charge in [0.1, 0.15) is 6.04 Å². The second kappa shape index (κ2) is 6.28. The van der Waals surface area contributed by atoms with Crippen LogP contribution in [0.5, 0.6) is 0 Å². The summed E-state index contributed by atoms with van der Waals surface area (Å²) >= 11 is 0. The van der Waals surface area contributed by atoms with Crippen molar-refractivity contribution in [2.24, 2.45) is 0 Å². The number of carbonyl (C=O) groups is 1. The summed E-state index contributed by atoms with van der Waals surface area (Å²) in [4.78, 5) is 26.4. The van der Waals surface area contributed by atoms with Crippen molar-refractivity contribution in [3.63, 3.8) is 0 Å². The van der Waals surface area contributed by atoms with Gasteiger partial charge in [0.25, 0.3) is 0 Å². The van der Waals surface area contributed by atoms with Gasteiger partial charge in [-0.25, -0.2) is 9.65 Å². The number of hydrogen-bond acceptors (Lipinski definition) is 3. The van der Waals surface area contributed by atoms with E-state index < -0.39 is 26.4 Å². The average Bonchev–Trinajstić information content (AvgIpc) is 1.80. The van der Waals surface area contributed by atoms with Gasteiger partial charge < -0.3 is 22.9 Å². The third kappa shape index (κ3) is 7.45. The average molecular weight is 227 g/mol. The van der Waals surface area contributed by atoms with Gasteiger partial charge in [-0.3, -0.25) is 4.79 Å². The van der Waals surface area contributed by atoms with Gasteiger partial charge in [-0.05, 0) is 0 Å². The van der Waals surface area contributed by atoms with Crippen LogP contribution in [0.25, 0.3) is 0 Å². The number of hydrogen-bond donors (Lipinski definition) is 5. The third-order valence-electron chi connectivity index (χ3n) is 0.805. The molecule has 5 N–H and O–H groups in total. The van der Waals surface area contributed by atoms with Gasteiger partial charge in [-0.2, -0.15) is 0 Å². The molecular weight excluding hydrogens is 217 g/mol. The first kappa shape index (κ1) is 15.3. The number of aliphatic hydroxyl groups excluding tert-OH is 1. The minimum Gasteiger partial charge on any atom is -1.00 e. The summed E-state index contributed by atoms with van der Waals surface area (Å²) < 4.78 is 10.1. The van der Waals surface area contributed by atoms with Crippen molar-refractivity contribution in [1.82, 2.24) is 5.09 Å². The molecule has 0 fully saturated rings. The molecule has 0 rings (SSSR count). The molecule has 0 radical (unpaired) electrons. The first-order valence-electron chi connectivity index (χ1n) is 2.54. The van der Waals surface area contributed by atoms with E-state index in [9.17, 15) is 9.36 Å². The van der Waals surface area contributed by atoms with Gasteiger partial charge in [0.15, 0.2) is 0 Å². The largest absolute Gasteiger partial charge is 2.00 e. The minimum absolute atomic E-state index is 0. The standard InChI is InChI=1S/C3H8NO6P.Ca.2H/c5-1-2(3(6)7)4-11(8,9)10;;;/h2,5H,1H2,(H,6,7)(H3,4,8,9,10);;;/q;+2;2*-1. The van der Waals surface area contributed by atoms with Crippen molar-refractivity contribution in [2.45, 2.75) is 6.04 Å². The first-order chi connectivity index (χ1) is 4.87. The number of aliphatic hydroxyl groups is 1. The van der Waals surface area contributed by atoms with Crippen molar-refractivity contribution in [1.29, 1.82) is 0 Å². The number of nitrogens with one attached hydrogen (secondary N) is 1. The molecule has 0 saturated heterocycles. The molecule has 0 saturated carbocycles. The van der Waals surface area contributed by atoms with E-state index in [1.165, 1.54) is 5.09 Å². The molecule has 0 aromatic heterocycles. The van der Waals surface area contributed by atoms with Crippen molar-refractivity contribution in [3.8, 4) is 0 Å². The Bertz CT molecular complexity index is 200. The summed E-state index contributed by atoms with van der Waals surface area (Å²) in [5.41, 5.74) is 0. The fourth-order valence-electron chi connectivity index (χ4n) is 0.377. The molecule has 0 aliphatic rings. The van der Waals surface area contributed by atoms with Crippen LogP contribution in [-0.2, 0) is 9.36 Å². The zero-order valence-electron chi connectivity index (χ0n) is 8.04. The molecule has 0 heterocycles. The molecule has 0 aromatic rings. The molecule has 0 aliphatic heterocycles. The second-order valence-electron chi connectivity index (χ2n) is 1.75. The summed E-state index contributed by atoms with van der Waals surface area (Å²) in [5, 5.41) is 17.9. The van der Waals surface area contributed by atoms with Crippen LogP contribution in [0.4, 0.5) is 0 Å². The Hall–Kier alpha value is 0.800. The number of aliphatic carboxylic acids is 1. The molecule has 9 heteroatoms. The third-order valence-corrected chi connectivity index (χ3v) is 1.45. The van der Waals surface area contributed by atoms with E-state index in [2.05, 4.69) is 0 Å². The van der Waals surface area contributed by atoms with Crippen molar-refractivity contribution in [2.75, 3.05) is 6.61 Å². The summed E-state index contributed by atoms with van der Waals surface area (Å²) in [7, 11) is -4.58. The van der Waals surface area contributed by atoms with Gasteiger partial charge in [0.05, 0.1) is 6.61 Å². The van der Waals surface area contributed by atoms with E-state index >= 15 is 0 Å². The van der Waals surface area contributed by atoms with Gasteiger partial charge in [-0.1, -0.05) is 0 Å². The van der Waals surface area contributed by atoms with E-state index in [1.54, 1.807) is 0 Å². The quantitative estimate of drug-likeness (QED) is 0.276. The second-order valence-corrected chi connectivity index (χ2v) is 3.09. The van der Waals surface area contributed by atoms with E-state index in [0.717, 1.165) is 0 Å². The van der Waals surface area contributed by atoms with E-state index in [4.69, 9.17) is 20.0 Å². The normalized spacial score (nSPS) is 13.2. The number of rotatable bonds is 4. The van der Waals surface area contributed by atoms with Crippen LogP contribution in [0.2, 0.25) is 0 Å². The molecule has 1 unspecified atom stereocenters. The maximum Gasteiger partial charge on any atom is 2.00 e. The van der Waals surface area contributed by atoms with E-state index in [1.807, 2.05) is 0 Å². The Morgan fingerprint density at radius 3 is 2.08 bits per heavy atom. The number of carboxylic acid groups (broad SMARTS) is 1. The number of carboxylic acids is 1. The van der Waals surface area contributed by atoms with Crippen LogP contribution >= 0.6 is 7.75 Å². The van der Waals surface area contributed by atoms with Crippen molar-refractivity contribution >= 4 is 51.5 Å². The molecule has 1 atom stereocenters. The summed E-state index contributed by atoms with van der Waals surface area (Å²) in [6.07, 6.45) is 0. The van der Waals surface area contributed by atoms with Crippen molar-refractivity contribution in [3.05, 3.63) is 0 Å². The molecule has 0 bridgehead atoms. The molecule has 7 nitrogen and oxygen atoms in total. The zero-order chi connectivity index (χ0) is 9.07. The maximum absolute atomic E-state index is 10.1. The van der Waals surface area contributed by atoms with E-state index in [0.29, 0.717) is 0 Å². The van der Waals surface area contributed by atoms with Crippen LogP contribution in [0.1, 0.15) is 2.85 Å². The fraction of sp³-hybridized carbons (Fsp3) is 0.667. The molecular formula is C3H10CaNO6P. The monoisotopic (exact) mass is 227 g/mol. The SMILES string of the molecule is O=C(O)C(CO)NP(=O)(O)O.[Ca+2].[H-].[H-]. The summed E-state index contributed by atoms with van der Waals surface area (Å²) in [6.45, 7) is -0.875. The Labute approximate surface area is 101 Å². The first-order valence-corrected chi connectivity index (χ1v) is 4.15. The Kier molecular flexibility index (Phi) is 8.00. The van der Waals surface area contributed by atoms with Gasteiger partial charge in [0, 0.05) is 0 Å². The van der Waals surface area contributed by atoms with Crippen LogP contribution < -0.4 is 5.09 Å². The maximum atomic E-state index is 10.1. The molecule has 0 spiro atoms. The Morgan fingerprint density at radius 1 is 1.58 bits per heavy atom. The summed E-state index contributed by atoms with van der Waals surface area (Å²) in [6, 6.07) is -1.63. The summed E-state index contributed by atoms with van der Waals surface area (Å²) in [5.74, 6) is -1.52. The molecule has 0 aromatic carbocycles. The van der Waals surface area contributed by atoms with Crippen LogP contribution in [-0.4, -0.2) is 76.4 Å². The molecule has 70 valence electrons. The van der Waals surface area contributed by atoms with Crippen molar-refractivity contribution < 1.29 is 32.2 Å². The van der Waals surface area contributed by atoms with Gasteiger partial charge in [0.2, 0.25) is 0 Å². The fourth-order valence-corrected chi connectivity index (χ4v) is 0.975. The molecule has 0 aliphatic carbocycles.